The number of nitro benzene ring substituents is 1. The number of nitro groups is 1. The van der Waals surface area contributed by atoms with E-state index in [1.54, 1.807) is 15.5 Å². The minimum Gasteiger partial charge on any atom is -0.494 e. The molecule has 10 nitrogen and oxygen atoms in total. The van der Waals surface area contributed by atoms with E-state index in [9.17, 15) is 19.7 Å². The third-order valence-electron chi connectivity index (χ3n) is 7.12. The molecule has 1 aromatic heterocycles. The molecule has 206 valence electrons. The highest BCUT2D eigenvalue weighted by molar-refractivity contribution is 6.34. The SMILES string of the molecule is CCOc1ccc(-n2c(C(C)N3CCN(C(=O)c4ccc([N+](=O)[O-])cc4Cl)CC3)nc3ccccc3c2=O)cc1. The Kier molecular flexibility index (Phi) is 7.81. The number of amides is 1. The summed E-state index contributed by atoms with van der Waals surface area (Å²) in [6.45, 7) is 6.41. The van der Waals surface area contributed by atoms with Crippen LogP contribution in [0.5, 0.6) is 5.75 Å². The summed E-state index contributed by atoms with van der Waals surface area (Å²) < 4.78 is 7.22. The summed E-state index contributed by atoms with van der Waals surface area (Å²) in [4.78, 5) is 46.1. The predicted molar refractivity (Wildman–Crippen MR) is 153 cm³/mol. The maximum absolute atomic E-state index is 13.7. The highest BCUT2D eigenvalue weighted by Gasteiger charge is 2.29. The maximum atomic E-state index is 13.7. The fourth-order valence-electron chi connectivity index (χ4n) is 4.97. The summed E-state index contributed by atoms with van der Waals surface area (Å²) >= 11 is 6.20. The number of halogens is 1. The second kappa shape index (κ2) is 11.4. The number of nitrogens with zero attached hydrogens (tertiary/aromatic N) is 5. The van der Waals surface area contributed by atoms with E-state index < -0.39 is 4.92 Å². The van der Waals surface area contributed by atoms with Crippen LogP contribution in [0.1, 0.15) is 36.1 Å². The Balaban J connectivity index is 1.41. The zero-order valence-corrected chi connectivity index (χ0v) is 22.9. The molecule has 11 heteroatoms. The lowest BCUT2D eigenvalue weighted by atomic mass is 10.1. The Hall–Kier alpha value is -4.28. The van der Waals surface area contributed by atoms with Crippen molar-refractivity contribution in [2.24, 2.45) is 0 Å². The molecule has 1 aliphatic heterocycles. The highest BCUT2D eigenvalue weighted by Crippen LogP contribution is 2.27. The van der Waals surface area contributed by atoms with Crippen molar-refractivity contribution < 1.29 is 14.5 Å². The summed E-state index contributed by atoms with van der Waals surface area (Å²) in [6, 6.07) is 18.3. The average Bonchev–Trinajstić information content (AvgIpc) is 2.97. The molecular formula is C29H28ClN5O5. The van der Waals surface area contributed by atoms with Crippen LogP contribution in [0.25, 0.3) is 16.6 Å². The Morgan fingerprint density at radius 3 is 2.42 bits per heavy atom. The molecule has 0 bridgehead atoms. The van der Waals surface area contributed by atoms with Gasteiger partial charge in [-0.1, -0.05) is 23.7 Å². The molecule has 0 radical (unpaired) electrons. The van der Waals surface area contributed by atoms with Crippen molar-refractivity contribution in [1.82, 2.24) is 19.4 Å². The normalized spacial score (nSPS) is 14.7. The number of piperazine rings is 1. The summed E-state index contributed by atoms with van der Waals surface area (Å²) in [7, 11) is 0. The number of para-hydroxylation sites is 1. The molecule has 0 N–H and O–H groups in total. The number of hydrogen-bond donors (Lipinski definition) is 0. The molecule has 0 spiro atoms. The van der Waals surface area contributed by atoms with E-state index >= 15 is 0 Å². The number of rotatable bonds is 7. The third kappa shape index (κ3) is 5.28. The summed E-state index contributed by atoms with van der Waals surface area (Å²) in [6.07, 6.45) is 0. The van der Waals surface area contributed by atoms with E-state index in [-0.39, 0.29) is 33.8 Å². The monoisotopic (exact) mass is 561 g/mol. The van der Waals surface area contributed by atoms with Gasteiger partial charge in [-0.05, 0) is 56.3 Å². The zero-order valence-electron chi connectivity index (χ0n) is 22.1. The molecule has 3 aromatic carbocycles. The Bertz CT molecular complexity index is 1630. The second-order valence-corrected chi connectivity index (χ2v) is 9.89. The first-order valence-corrected chi connectivity index (χ1v) is 13.4. The zero-order chi connectivity index (χ0) is 28.4. The van der Waals surface area contributed by atoms with Gasteiger partial charge in [0.2, 0.25) is 0 Å². The van der Waals surface area contributed by atoms with Crippen LogP contribution < -0.4 is 10.3 Å². The van der Waals surface area contributed by atoms with E-state index in [1.807, 2.05) is 56.3 Å². The number of hydrogen-bond acceptors (Lipinski definition) is 7. The van der Waals surface area contributed by atoms with E-state index in [2.05, 4.69) is 4.90 Å². The molecule has 1 atom stereocenters. The van der Waals surface area contributed by atoms with E-state index in [1.165, 1.54) is 18.2 Å². The van der Waals surface area contributed by atoms with Gasteiger partial charge in [-0.2, -0.15) is 0 Å². The van der Waals surface area contributed by atoms with Crippen LogP contribution in [0.4, 0.5) is 5.69 Å². The first kappa shape index (κ1) is 27.3. The van der Waals surface area contributed by atoms with Crippen LogP contribution in [-0.2, 0) is 0 Å². The van der Waals surface area contributed by atoms with E-state index in [0.717, 1.165) is 5.75 Å². The van der Waals surface area contributed by atoms with Crippen LogP contribution in [-0.4, -0.2) is 63.0 Å². The van der Waals surface area contributed by atoms with Gasteiger partial charge in [-0.3, -0.25) is 29.2 Å². The van der Waals surface area contributed by atoms with Crippen molar-refractivity contribution >= 4 is 34.1 Å². The molecular weight excluding hydrogens is 534 g/mol. The molecule has 40 heavy (non-hydrogen) atoms. The number of aromatic nitrogens is 2. The van der Waals surface area contributed by atoms with Crippen molar-refractivity contribution in [2.75, 3.05) is 32.8 Å². The van der Waals surface area contributed by atoms with Gasteiger partial charge in [0.05, 0.1) is 44.7 Å². The molecule has 4 aromatic rings. The first-order valence-electron chi connectivity index (χ1n) is 13.0. The van der Waals surface area contributed by atoms with Crippen molar-refractivity contribution in [2.45, 2.75) is 19.9 Å². The standard InChI is InChI=1S/C29H28ClN5O5/c1-3-40-22-11-8-20(9-12-22)34-27(31-26-7-5-4-6-24(26)29(34)37)19(2)32-14-16-33(17-15-32)28(36)23-13-10-21(35(38)39)18-25(23)30/h4-13,18-19H,3,14-17H2,1-2H3. The highest BCUT2D eigenvalue weighted by atomic mass is 35.5. The largest absolute Gasteiger partial charge is 0.494 e. The number of non-ortho nitro benzene ring substituents is 1. The topological polar surface area (TPSA) is 111 Å². The van der Waals surface area contributed by atoms with Crippen LogP contribution >= 0.6 is 11.6 Å². The van der Waals surface area contributed by atoms with Crippen LogP contribution in [0.2, 0.25) is 5.02 Å². The number of fused-ring (bicyclic) bond motifs is 1. The van der Waals surface area contributed by atoms with Gasteiger partial charge in [-0.15, -0.1) is 0 Å². The minimum atomic E-state index is -0.548. The van der Waals surface area contributed by atoms with Gasteiger partial charge in [0.25, 0.3) is 17.2 Å². The average molecular weight is 562 g/mol. The fraction of sp³-hybridized carbons (Fsp3) is 0.276. The number of benzene rings is 3. The number of carbonyl (C=O) groups is 1. The fourth-order valence-corrected chi connectivity index (χ4v) is 5.23. The van der Waals surface area contributed by atoms with Gasteiger partial charge < -0.3 is 9.64 Å². The van der Waals surface area contributed by atoms with Gasteiger partial charge in [0.1, 0.15) is 11.6 Å². The van der Waals surface area contributed by atoms with Crippen molar-refractivity contribution in [3.63, 3.8) is 0 Å². The first-order chi connectivity index (χ1) is 19.3. The molecule has 0 saturated carbocycles. The number of carbonyl (C=O) groups excluding carboxylic acids is 1. The van der Waals surface area contributed by atoms with Gasteiger partial charge in [0.15, 0.2) is 0 Å². The quantitative estimate of drug-likeness (QED) is 0.234. The lowest BCUT2D eigenvalue weighted by Crippen LogP contribution is -2.50. The van der Waals surface area contributed by atoms with Crippen molar-refractivity contribution in [1.29, 1.82) is 0 Å². The Morgan fingerprint density at radius 2 is 1.77 bits per heavy atom. The molecule has 1 fully saturated rings. The lowest BCUT2D eigenvalue weighted by molar-refractivity contribution is -0.384. The smallest absolute Gasteiger partial charge is 0.270 e. The van der Waals surface area contributed by atoms with Crippen molar-refractivity contribution in [3.05, 3.63) is 104 Å². The molecule has 1 aliphatic rings. The maximum Gasteiger partial charge on any atom is 0.270 e. The van der Waals surface area contributed by atoms with Crippen LogP contribution in [0.3, 0.4) is 0 Å². The molecule has 1 saturated heterocycles. The Morgan fingerprint density at radius 1 is 1.07 bits per heavy atom. The predicted octanol–water partition coefficient (Wildman–Crippen LogP) is 4.87. The number of ether oxygens (including phenoxy) is 1. The third-order valence-corrected chi connectivity index (χ3v) is 7.44. The second-order valence-electron chi connectivity index (χ2n) is 9.48. The minimum absolute atomic E-state index is 0.0507. The van der Waals surface area contributed by atoms with Crippen molar-refractivity contribution in [3.8, 4) is 11.4 Å². The van der Waals surface area contributed by atoms with Gasteiger partial charge >= 0.3 is 0 Å². The van der Waals surface area contributed by atoms with Crippen LogP contribution in [0.15, 0.2) is 71.5 Å². The molecule has 0 aliphatic carbocycles. The van der Waals surface area contributed by atoms with Gasteiger partial charge in [0, 0.05) is 38.3 Å². The molecule has 2 heterocycles. The summed E-state index contributed by atoms with van der Waals surface area (Å²) in [5.41, 5.74) is 1.22. The Labute approximate surface area is 235 Å². The van der Waals surface area contributed by atoms with Crippen LogP contribution in [0, 0.1) is 10.1 Å². The molecule has 1 amide bonds. The summed E-state index contributed by atoms with van der Waals surface area (Å²) in [5.74, 6) is 1.05. The lowest BCUT2D eigenvalue weighted by Gasteiger charge is -2.38. The molecule has 5 rings (SSSR count). The van der Waals surface area contributed by atoms with E-state index in [0.29, 0.717) is 55.2 Å². The van der Waals surface area contributed by atoms with Gasteiger partial charge in [-0.25, -0.2) is 4.98 Å². The molecule has 1 unspecified atom stereocenters. The van der Waals surface area contributed by atoms with E-state index in [4.69, 9.17) is 21.3 Å². The summed E-state index contributed by atoms with van der Waals surface area (Å²) in [5, 5.41) is 11.6.